The molecule has 10 aliphatic rings. The number of amides is 2. The topological polar surface area (TPSA) is 232 Å². The lowest BCUT2D eigenvalue weighted by atomic mass is 10.00. The Morgan fingerprint density at radius 2 is 0.625 bits per heavy atom. The average Bonchev–Trinajstić information content (AvgIpc) is 2.88. The van der Waals surface area contributed by atoms with E-state index in [0.29, 0.717) is 43.8 Å². The van der Waals surface area contributed by atoms with Gasteiger partial charge in [-0.25, -0.2) is 9.98 Å². The van der Waals surface area contributed by atoms with Gasteiger partial charge in [-0.15, -0.1) is 0 Å². The van der Waals surface area contributed by atoms with Crippen LogP contribution in [-0.2, 0) is 43.1 Å². The van der Waals surface area contributed by atoms with Crippen molar-refractivity contribution >= 4 is 84.1 Å². The van der Waals surface area contributed by atoms with Crippen molar-refractivity contribution in [3.8, 4) is 0 Å². The molecule has 0 spiro atoms. The largest absolute Gasteiger partial charge is 0.483 e. The van der Waals surface area contributed by atoms with E-state index in [0.717, 1.165) is 148 Å². The number of nitrogens with zero attached hydrogens (tertiary/aromatic N) is 6. The highest BCUT2D eigenvalue weighted by Crippen LogP contribution is 2.13. The number of carbonyl (C=O) groups is 8. The van der Waals surface area contributed by atoms with E-state index in [9.17, 15) is 38.4 Å². The molecule has 0 unspecified atom stereocenters. The summed E-state index contributed by atoms with van der Waals surface area (Å²) in [7, 11) is 0. The molecule has 2 saturated carbocycles. The second-order valence-electron chi connectivity index (χ2n) is 15.3. The summed E-state index contributed by atoms with van der Waals surface area (Å²) in [5.74, 6) is 1.87. The van der Waals surface area contributed by atoms with Crippen LogP contribution in [0.2, 0.25) is 0 Å². The van der Waals surface area contributed by atoms with Crippen LogP contribution in [0.3, 0.4) is 0 Å². The highest BCUT2D eigenvalue weighted by Gasteiger charge is 2.08. The summed E-state index contributed by atoms with van der Waals surface area (Å²) in [6, 6.07) is 0. The first-order chi connectivity index (χ1) is 51.2. The number of allylic oxidation sites excluding steroid dienone is 4. The molecule has 2 fully saturated rings. The minimum Gasteiger partial charge on any atom is -0.483 e. The third-order valence-corrected chi connectivity index (χ3v) is 9.37. The molecule has 4 aliphatic carbocycles. The van der Waals surface area contributed by atoms with Gasteiger partial charge < -0.3 is 10.1 Å². The Morgan fingerprint density at radius 3 is 0.750 bits per heavy atom. The van der Waals surface area contributed by atoms with E-state index in [2.05, 4.69) is 35.3 Å². The van der Waals surface area contributed by atoms with E-state index in [1.165, 1.54) is 31.7 Å². The van der Waals surface area contributed by atoms with Crippen molar-refractivity contribution in [2.45, 2.75) is 431 Å². The molecule has 0 radical (unpaired) electrons. The highest BCUT2D eigenvalue weighted by atomic mass is 16.5. The van der Waals surface area contributed by atoms with E-state index >= 15 is 0 Å². The van der Waals surface area contributed by atoms with Crippen molar-refractivity contribution in [3.05, 3.63) is 24.3 Å². The van der Waals surface area contributed by atoms with Gasteiger partial charge >= 0.3 is 0 Å². The molecule has 16 nitrogen and oxygen atoms in total. The van der Waals surface area contributed by atoms with Crippen molar-refractivity contribution in [1.82, 2.24) is 5.32 Å². The molecule has 104 heavy (non-hydrogen) atoms. The van der Waals surface area contributed by atoms with Crippen molar-refractivity contribution in [3.63, 3.8) is 0 Å². The summed E-state index contributed by atoms with van der Waals surface area (Å²) in [5, 5.41) is 2.99. The normalized spacial score (nSPS) is 13.8. The summed E-state index contributed by atoms with van der Waals surface area (Å²) >= 11 is 0. The number of hydrogen-bond donors (Lipinski definition) is 1. The van der Waals surface area contributed by atoms with Crippen molar-refractivity contribution in [1.29, 1.82) is 0 Å². The Balaban J connectivity index is -0.0000000398. The van der Waals surface area contributed by atoms with Crippen LogP contribution in [0.1, 0.15) is 431 Å². The zero-order chi connectivity index (χ0) is 86.6. The van der Waals surface area contributed by atoms with Gasteiger partial charge in [0.25, 0.3) is 0 Å². The summed E-state index contributed by atoms with van der Waals surface area (Å²) < 4.78 is 4.78. The Bertz CT molecular complexity index is 1500. The predicted molar refractivity (Wildman–Crippen MR) is 480 cm³/mol. The maximum atomic E-state index is 10.5. The van der Waals surface area contributed by atoms with Crippen LogP contribution in [0.15, 0.2) is 54.3 Å². The van der Waals surface area contributed by atoms with Gasteiger partial charge in [0, 0.05) is 116 Å². The zero-order valence-corrected chi connectivity index (χ0v) is 77.8. The van der Waals surface area contributed by atoms with Gasteiger partial charge in [-0.05, 0) is 89.2 Å². The van der Waals surface area contributed by atoms with Crippen LogP contribution in [0, 0.1) is 0 Å². The molecule has 2 amide bonds. The Hall–Kier alpha value is -5.54. The quantitative estimate of drug-likeness (QED) is 0.241. The third-order valence-electron chi connectivity index (χ3n) is 9.37. The van der Waals surface area contributed by atoms with Crippen molar-refractivity contribution in [2.75, 3.05) is 39.3 Å². The molecule has 0 aromatic carbocycles. The Kier molecular flexibility index (Phi) is 300. The molecule has 6 heterocycles. The molecule has 632 valence electrons. The molecule has 10 rings (SSSR count). The second-order valence-corrected chi connectivity index (χ2v) is 15.3. The molecular weight excluding hydrogens is 1300 g/mol. The van der Waals surface area contributed by atoms with Crippen molar-refractivity contribution in [2.24, 2.45) is 30.0 Å². The van der Waals surface area contributed by atoms with Gasteiger partial charge in [0.2, 0.25) is 11.8 Å². The summed E-state index contributed by atoms with van der Waals surface area (Å²) in [6.07, 6.45) is 39.0. The van der Waals surface area contributed by atoms with E-state index in [1.807, 2.05) is 289 Å². The third kappa shape index (κ3) is 199. The van der Waals surface area contributed by atoms with Gasteiger partial charge in [0.05, 0.1) is 25.4 Å². The number of aliphatic imine (C=N–C) groups is 6. The minimum absolute atomic E-state index is 0.0231. The monoisotopic (exact) mass is 1490 g/mol. The van der Waals surface area contributed by atoms with Crippen LogP contribution < -0.4 is 5.32 Å². The lowest BCUT2D eigenvalue weighted by molar-refractivity contribution is -0.120. The fourth-order valence-electron chi connectivity index (χ4n) is 5.77. The number of hydrogen-bond acceptors (Lipinski definition) is 14. The first-order valence-corrected chi connectivity index (χ1v) is 43.1. The van der Waals surface area contributed by atoms with E-state index in [4.69, 9.17) is 4.74 Å². The average molecular weight is 1490 g/mol. The van der Waals surface area contributed by atoms with Crippen molar-refractivity contribution < 1.29 is 43.1 Å². The number of nitrogens with one attached hydrogen (secondary N) is 1. The van der Waals surface area contributed by atoms with Gasteiger partial charge in [-0.1, -0.05) is 296 Å². The summed E-state index contributed by atoms with van der Waals surface area (Å²) in [4.78, 5) is 104. The van der Waals surface area contributed by atoms with Crippen LogP contribution in [0.5, 0.6) is 0 Å². The first-order valence-electron chi connectivity index (χ1n) is 43.1. The maximum absolute atomic E-state index is 10.5. The molecule has 1 N–H and O–H groups in total. The lowest BCUT2D eigenvalue weighted by Gasteiger charge is -2.05. The minimum atomic E-state index is 0.0231. The number of ketones is 6. The Labute approximate surface area is 654 Å². The highest BCUT2D eigenvalue weighted by molar-refractivity contribution is 6.29. The van der Waals surface area contributed by atoms with Gasteiger partial charge in [-0.2, -0.15) is 0 Å². The van der Waals surface area contributed by atoms with E-state index < -0.39 is 0 Å². The van der Waals surface area contributed by atoms with Crippen LogP contribution in [0.25, 0.3) is 0 Å². The lowest BCUT2D eigenvalue weighted by Crippen LogP contribution is -2.17. The van der Waals surface area contributed by atoms with Crippen LogP contribution >= 0.6 is 0 Å². The maximum Gasteiger partial charge on any atom is 0.245 e. The molecule has 0 atom stereocenters. The van der Waals surface area contributed by atoms with Gasteiger partial charge in [-0.3, -0.25) is 58.3 Å². The fraction of sp³-hybridized carbons (Fsp3) is 0.795. The Morgan fingerprint density at radius 1 is 0.279 bits per heavy atom. The number of Topliss-reactive ketones (excluding diaryl/α,β-unsaturated/α-hetero) is 4. The second kappa shape index (κ2) is 205. The van der Waals surface area contributed by atoms with Gasteiger partial charge in [0.1, 0.15) is 11.6 Å². The first kappa shape index (κ1) is 152. The molecule has 16 heteroatoms. The molecular formula is C88H191N7O9. The number of rotatable bonds is 0. The molecule has 0 aromatic heterocycles. The summed E-state index contributed by atoms with van der Waals surface area (Å²) in [5.41, 5.74) is 0. The fourth-order valence-corrected chi connectivity index (χ4v) is 5.77. The molecule has 0 bridgehead atoms. The van der Waals surface area contributed by atoms with E-state index in [1.54, 1.807) is 30.9 Å². The van der Waals surface area contributed by atoms with E-state index in [-0.39, 0.29) is 34.9 Å². The molecule has 6 aliphatic heterocycles. The van der Waals surface area contributed by atoms with Crippen LogP contribution in [-0.4, -0.2) is 123 Å². The smallest absolute Gasteiger partial charge is 0.245 e. The zero-order valence-electron chi connectivity index (χ0n) is 77.8. The van der Waals surface area contributed by atoms with Gasteiger partial charge in [0.15, 0.2) is 29.5 Å². The van der Waals surface area contributed by atoms with Crippen LogP contribution in [0.4, 0.5) is 0 Å². The number of ether oxygens (including phenoxy) is 1. The SMILES string of the molecule is C1=NCCCN1.C1=NCCCO1.CC.CC.CC.CC.CC.CC.CC.CC.CC.CC.CC.CC.CC.CC.CC.CC.CC.CC.CC.CC.O=C1C=CCC1.O=C1C=CCCC1.O=C1C=NCC1.O=C1C=NCCC1.O=C1CCC=N1.O=C1CCCC1.O=C1CCCC=N1.O=C1CCCCC1. The predicted octanol–water partition coefficient (Wildman–Crippen LogP) is 27.4. The molecule has 0 saturated heterocycles. The molecule has 0 aromatic rings. The standard InChI is InChI=1S/C6H10O.C6H8O.2C5H7NO.C5H8O.C5H6O.C4H8N2.C4H5NO.C4H7NO.C4H5NO.20C2H6/c2*7-6-4-2-1-3-5-6;7-5-2-1-3-6-4-5;7-5-3-1-2-4-6-5;2*6-5-3-1-2-4-5;1-2-5-4-6-3-1;6-4-1-2-5-3-4;1-2-5-4-6-3-1;6-4-2-1-3-5-4;20*1-2/h1-5H2;2,4H,1,3,5H2;2*4H,1-3H2;1-4H2;1,3H,2,4H2;4H,1-3H2,(H,5,6);3H,1-2H2;4H,1-3H2;3H,1-2H2;20*1-2H3. The summed E-state index contributed by atoms with van der Waals surface area (Å²) in [6.45, 7) is 85.4. The number of carbonyl (C=O) groups excluding carboxylic acids is 8.